The zero-order chi connectivity index (χ0) is 21.2. The van der Waals surface area contributed by atoms with Gasteiger partial charge in [0.1, 0.15) is 0 Å². The van der Waals surface area contributed by atoms with E-state index >= 15 is 0 Å². The van der Waals surface area contributed by atoms with Gasteiger partial charge in [-0.3, -0.25) is 0 Å². The third-order valence-corrected chi connectivity index (χ3v) is 7.02. The Bertz CT molecular complexity index is 774. The van der Waals surface area contributed by atoms with Crippen molar-refractivity contribution >= 4 is 35.8 Å². The molecule has 0 aliphatic carbocycles. The summed E-state index contributed by atoms with van der Waals surface area (Å²) < 4.78 is -0.0333. The van der Waals surface area contributed by atoms with Crippen LogP contribution in [0.5, 0.6) is 0 Å². The van der Waals surface area contributed by atoms with E-state index in [9.17, 15) is 0 Å². The van der Waals surface area contributed by atoms with Crippen LogP contribution in [-0.4, -0.2) is 8.83 Å². The van der Waals surface area contributed by atoms with Crippen LogP contribution in [0.2, 0.25) is 0 Å². The molecule has 0 radical (unpaired) electrons. The van der Waals surface area contributed by atoms with Gasteiger partial charge in [0.05, 0.1) is 4.08 Å². The number of anilines is 2. The van der Waals surface area contributed by atoms with Gasteiger partial charge in [-0.1, -0.05) is 52.0 Å². The molecule has 0 aliphatic rings. The number of nitrogen functional groups attached to an aromatic ring is 2. The first-order chi connectivity index (χ1) is 12.8. The van der Waals surface area contributed by atoms with Crippen LogP contribution in [0, 0.1) is 5.92 Å². The number of hydrogen-bond acceptors (Lipinski definition) is 4. The summed E-state index contributed by atoms with van der Waals surface area (Å²) in [4.78, 5) is 0. The van der Waals surface area contributed by atoms with Gasteiger partial charge in [-0.05, 0) is 73.4 Å². The summed E-state index contributed by atoms with van der Waals surface area (Å²) in [6.45, 7) is 13.7. The van der Waals surface area contributed by atoms with Crippen LogP contribution in [0.4, 0.5) is 11.4 Å². The Labute approximate surface area is 181 Å². The first-order valence-electron chi connectivity index (χ1n) is 9.91. The summed E-state index contributed by atoms with van der Waals surface area (Å²) in [5.41, 5.74) is 16.2. The maximum atomic E-state index is 6.07. The van der Waals surface area contributed by atoms with Gasteiger partial charge in [0.25, 0.3) is 0 Å². The van der Waals surface area contributed by atoms with Crippen LogP contribution in [0.25, 0.3) is 0 Å². The molecule has 28 heavy (non-hydrogen) atoms. The highest BCUT2D eigenvalue weighted by atomic mass is 32.2. The fourth-order valence-electron chi connectivity index (χ4n) is 3.92. The Morgan fingerprint density at radius 1 is 0.893 bits per heavy atom. The van der Waals surface area contributed by atoms with E-state index in [-0.39, 0.29) is 14.2 Å². The van der Waals surface area contributed by atoms with E-state index in [1.807, 2.05) is 30.0 Å². The molecule has 2 aromatic carbocycles. The zero-order valence-corrected chi connectivity index (χ0v) is 19.8. The number of thioether (sulfide) groups is 1. The van der Waals surface area contributed by atoms with E-state index in [1.54, 1.807) is 0 Å². The average Bonchev–Trinajstić information content (AvgIpc) is 2.54. The molecule has 0 spiro atoms. The Hall–Kier alpha value is -1.26. The second kappa shape index (κ2) is 8.62. The zero-order valence-electron chi connectivity index (χ0n) is 18.1. The number of nitrogens with two attached hydrogens (primary N) is 2. The summed E-state index contributed by atoms with van der Waals surface area (Å²) in [7, 11) is 0. The average molecular weight is 417 g/mol. The molecule has 0 fully saturated rings. The highest BCUT2D eigenvalue weighted by Gasteiger charge is 2.38. The van der Waals surface area contributed by atoms with Gasteiger partial charge in [-0.15, -0.1) is 11.8 Å². The predicted molar refractivity (Wildman–Crippen MR) is 131 cm³/mol. The number of benzene rings is 2. The molecule has 2 aromatic rings. The summed E-state index contributed by atoms with van der Waals surface area (Å²) >= 11 is 6.75. The first-order valence-corrected chi connectivity index (χ1v) is 11.2. The van der Waals surface area contributed by atoms with E-state index < -0.39 is 0 Å². The van der Waals surface area contributed by atoms with Crippen molar-refractivity contribution in [3.8, 4) is 0 Å². The fourth-order valence-corrected chi connectivity index (χ4v) is 6.25. The summed E-state index contributed by atoms with van der Waals surface area (Å²) in [6.07, 6.45) is 2.07. The minimum atomic E-state index is -0.0931. The summed E-state index contributed by atoms with van der Waals surface area (Å²) in [6, 6.07) is 16.6. The van der Waals surface area contributed by atoms with Crippen LogP contribution < -0.4 is 11.5 Å². The molecule has 0 heterocycles. The quantitative estimate of drug-likeness (QED) is 0.260. The first kappa shape index (κ1) is 23.0. The topological polar surface area (TPSA) is 52.0 Å². The van der Waals surface area contributed by atoms with Crippen molar-refractivity contribution in [1.29, 1.82) is 0 Å². The highest BCUT2D eigenvalue weighted by molar-refractivity contribution is 8.12. The SMILES string of the molecule is CC(C)(S)SC(C)(C)C(Cc1ccc(N)cc1)CC(C)(C)c1cccc(N)c1. The smallest absolute Gasteiger partial charge is 0.0530 e. The molecular weight excluding hydrogens is 380 g/mol. The molecule has 0 saturated heterocycles. The van der Waals surface area contributed by atoms with Crippen molar-refractivity contribution in [2.24, 2.45) is 5.92 Å². The Balaban J connectivity index is 2.35. The molecule has 0 aromatic heterocycles. The lowest BCUT2D eigenvalue weighted by atomic mass is 9.72. The monoisotopic (exact) mass is 416 g/mol. The standard InChI is InChI=1S/C24H36N2S2/c1-22(2,18-8-7-9-21(26)15-18)16-19(23(3,4)28-24(5,6)27)14-17-10-12-20(25)13-11-17/h7-13,15,19,27H,14,16,25-26H2,1-6H3. The van der Waals surface area contributed by atoms with E-state index in [0.29, 0.717) is 5.92 Å². The van der Waals surface area contributed by atoms with E-state index in [2.05, 4.69) is 71.9 Å². The normalized spacial score (nSPS) is 14.1. The van der Waals surface area contributed by atoms with Crippen molar-refractivity contribution in [3.05, 3.63) is 59.7 Å². The van der Waals surface area contributed by atoms with Gasteiger partial charge in [0, 0.05) is 16.1 Å². The van der Waals surface area contributed by atoms with E-state index in [4.69, 9.17) is 24.1 Å². The van der Waals surface area contributed by atoms with Crippen molar-refractivity contribution in [2.45, 2.75) is 68.6 Å². The molecule has 0 bridgehead atoms. The Kier molecular flexibility index (Phi) is 7.09. The lowest BCUT2D eigenvalue weighted by Gasteiger charge is -2.42. The molecule has 1 unspecified atom stereocenters. The summed E-state index contributed by atoms with van der Waals surface area (Å²) in [5.74, 6) is 0.462. The van der Waals surface area contributed by atoms with Crippen molar-refractivity contribution in [2.75, 3.05) is 11.5 Å². The molecule has 2 nitrogen and oxygen atoms in total. The maximum absolute atomic E-state index is 6.07. The molecule has 154 valence electrons. The van der Waals surface area contributed by atoms with Gasteiger partial charge < -0.3 is 11.5 Å². The van der Waals surface area contributed by atoms with E-state index in [0.717, 1.165) is 24.2 Å². The third-order valence-electron chi connectivity index (χ3n) is 5.38. The Morgan fingerprint density at radius 2 is 1.50 bits per heavy atom. The molecule has 0 aliphatic heterocycles. The van der Waals surface area contributed by atoms with Crippen molar-refractivity contribution in [3.63, 3.8) is 0 Å². The molecule has 0 saturated carbocycles. The largest absolute Gasteiger partial charge is 0.399 e. The number of rotatable bonds is 8. The lowest BCUT2D eigenvalue weighted by molar-refractivity contribution is 0.308. The molecule has 4 N–H and O–H groups in total. The number of thiol groups is 1. The van der Waals surface area contributed by atoms with Crippen molar-refractivity contribution < 1.29 is 0 Å². The van der Waals surface area contributed by atoms with Gasteiger partial charge >= 0.3 is 0 Å². The summed E-state index contributed by atoms with van der Waals surface area (Å²) in [5, 5.41) is 0. The molecule has 1 atom stereocenters. The van der Waals surface area contributed by atoms with Crippen LogP contribution >= 0.6 is 24.4 Å². The van der Waals surface area contributed by atoms with Gasteiger partial charge in [-0.25, -0.2) is 0 Å². The second-order valence-electron chi connectivity index (χ2n) is 9.51. The van der Waals surface area contributed by atoms with Gasteiger partial charge in [0.2, 0.25) is 0 Å². The third kappa shape index (κ3) is 6.66. The van der Waals surface area contributed by atoms with Crippen molar-refractivity contribution in [1.82, 2.24) is 0 Å². The molecular formula is C24H36N2S2. The maximum Gasteiger partial charge on any atom is 0.0530 e. The second-order valence-corrected chi connectivity index (χ2v) is 13.2. The minimum Gasteiger partial charge on any atom is -0.399 e. The highest BCUT2D eigenvalue weighted by Crippen LogP contribution is 2.48. The lowest BCUT2D eigenvalue weighted by Crippen LogP contribution is -2.37. The fraction of sp³-hybridized carbons (Fsp3) is 0.500. The molecule has 2 rings (SSSR count). The number of hydrogen-bond donors (Lipinski definition) is 3. The minimum absolute atomic E-state index is 0.0203. The molecule has 4 heteroatoms. The van der Waals surface area contributed by atoms with E-state index in [1.165, 1.54) is 11.1 Å². The van der Waals surface area contributed by atoms with Gasteiger partial charge in [0.15, 0.2) is 0 Å². The Morgan fingerprint density at radius 3 is 2.04 bits per heavy atom. The molecule has 0 amide bonds. The van der Waals surface area contributed by atoms with Crippen LogP contribution in [-0.2, 0) is 11.8 Å². The predicted octanol–water partition coefficient (Wildman–Crippen LogP) is 6.56. The van der Waals surface area contributed by atoms with Crippen LogP contribution in [0.15, 0.2) is 48.5 Å². The van der Waals surface area contributed by atoms with Crippen LogP contribution in [0.3, 0.4) is 0 Å². The van der Waals surface area contributed by atoms with Gasteiger partial charge in [-0.2, -0.15) is 12.6 Å². The van der Waals surface area contributed by atoms with Crippen LogP contribution in [0.1, 0.15) is 59.1 Å².